The SMILES string of the molecule is CONC(=NCC[Si](C)(C)C)c1ccccn1. The Hall–Kier alpha value is -1.20. The summed E-state index contributed by atoms with van der Waals surface area (Å²) < 4.78 is 0. The van der Waals surface area contributed by atoms with Gasteiger partial charge in [-0.25, -0.2) is 5.48 Å². The lowest BCUT2D eigenvalue weighted by molar-refractivity contribution is 0.144. The lowest BCUT2D eigenvalue weighted by Crippen LogP contribution is -2.26. The zero-order chi connectivity index (χ0) is 12.7. The van der Waals surface area contributed by atoms with E-state index in [0.29, 0.717) is 5.84 Å². The number of hydroxylamine groups is 1. The van der Waals surface area contributed by atoms with E-state index in [0.717, 1.165) is 18.3 Å². The Morgan fingerprint density at radius 3 is 2.71 bits per heavy atom. The molecule has 0 spiro atoms. The van der Waals surface area contributed by atoms with E-state index in [1.54, 1.807) is 13.3 Å². The van der Waals surface area contributed by atoms with Gasteiger partial charge in [0.25, 0.3) is 0 Å². The molecule has 1 N–H and O–H groups in total. The van der Waals surface area contributed by atoms with Crippen LogP contribution < -0.4 is 5.48 Å². The maximum atomic E-state index is 4.93. The van der Waals surface area contributed by atoms with Crippen LogP contribution in [0.25, 0.3) is 0 Å². The van der Waals surface area contributed by atoms with Gasteiger partial charge >= 0.3 is 0 Å². The second kappa shape index (κ2) is 6.51. The number of nitrogens with one attached hydrogen (secondary N) is 1. The van der Waals surface area contributed by atoms with E-state index in [2.05, 4.69) is 35.1 Å². The molecule has 4 nitrogen and oxygen atoms in total. The van der Waals surface area contributed by atoms with E-state index in [1.165, 1.54) is 0 Å². The third-order valence-electron chi connectivity index (χ3n) is 2.24. The van der Waals surface area contributed by atoms with Crippen LogP contribution in [0.3, 0.4) is 0 Å². The molecule has 94 valence electrons. The monoisotopic (exact) mass is 251 g/mol. The van der Waals surface area contributed by atoms with Crippen LogP contribution in [0.1, 0.15) is 5.69 Å². The fourth-order valence-corrected chi connectivity index (χ4v) is 2.05. The summed E-state index contributed by atoms with van der Waals surface area (Å²) in [6, 6.07) is 6.90. The molecule has 0 aliphatic heterocycles. The maximum absolute atomic E-state index is 4.93. The van der Waals surface area contributed by atoms with Crippen molar-refractivity contribution in [2.24, 2.45) is 4.99 Å². The molecular formula is C12H21N3OSi. The van der Waals surface area contributed by atoms with Crippen LogP contribution in [-0.2, 0) is 4.84 Å². The Labute approximate surface area is 104 Å². The standard InChI is InChI=1S/C12H21N3OSi/c1-16-15-12(11-7-5-6-8-13-11)14-9-10-17(2,3)4/h5-8H,9-10H2,1-4H3,(H,14,15). The summed E-state index contributed by atoms with van der Waals surface area (Å²) in [4.78, 5) is 13.7. The van der Waals surface area contributed by atoms with Gasteiger partial charge in [-0.2, -0.15) is 0 Å². The zero-order valence-electron chi connectivity index (χ0n) is 11.0. The lowest BCUT2D eigenvalue weighted by Gasteiger charge is -2.14. The van der Waals surface area contributed by atoms with Gasteiger partial charge in [-0.05, 0) is 18.2 Å². The van der Waals surface area contributed by atoms with Gasteiger partial charge in [-0.15, -0.1) is 0 Å². The fraction of sp³-hybridized carbons (Fsp3) is 0.500. The van der Waals surface area contributed by atoms with E-state index in [-0.39, 0.29) is 0 Å². The van der Waals surface area contributed by atoms with Gasteiger partial charge in [0.05, 0.1) is 7.11 Å². The predicted molar refractivity (Wildman–Crippen MR) is 73.9 cm³/mol. The van der Waals surface area contributed by atoms with E-state index in [9.17, 15) is 0 Å². The topological polar surface area (TPSA) is 46.5 Å². The van der Waals surface area contributed by atoms with Crippen molar-refractivity contribution in [3.63, 3.8) is 0 Å². The Kier molecular flexibility index (Phi) is 5.31. The minimum absolute atomic E-state index is 0.700. The summed E-state index contributed by atoms with van der Waals surface area (Å²) in [7, 11) is 0.536. The van der Waals surface area contributed by atoms with Gasteiger partial charge in [0.1, 0.15) is 5.69 Å². The molecule has 0 aliphatic carbocycles. The fourth-order valence-electron chi connectivity index (χ4n) is 1.27. The molecule has 0 unspecified atom stereocenters. The third-order valence-corrected chi connectivity index (χ3v) is 3.96. The highest BCUT2D eigenvalue weighted by Gasteiger charge is 2.12. The Morgan fingerprint density at radius 2 is 2.18 bits per heavy atom. The van der Waals surface area contributed by atoms with E-state index >= 15 is 0 Å². The van der Waals surface area contributed by atoms with Crippen LogP contribution in [0.4, 0.5) is 0 Å². The molecule has 1 rings (SSSR count). The second-order valence-electron chi connectivity index (χ2n) is 5.06. The van der Waals surface area contributed by atoms with Crippen molar-refractivity contribution in [3.8, 4) is 0 Å². The number of hydrogen-bond acceptors (Lipinski definition) is 3. The van der Waals surface area contributed by atoms with Crippen LogP contribution in [0.2, 0.25) is 25.7 Å². The summed E-state index contributed by atoms with van der Waals surface area (Å²) in [5, 5.41) is 0. The largest absolute Gasteiger partial charge is 0.278 e. The van der Waals surface area contributed by atoms with Gasteiger partial charge in [0, 0.05) is 20.8 Å². The molecule has 0 amide bonds. The number of hydrogen-bond donors (Lipinski definition) is 1. The summed E-state index contributed by atoms with van der Waals surface area (Å²) in [6.07, 6.45) is 1.75. The Bertz CT molecular complexity index is 360. The highest BCUT2D eigenvalue weighted by molar-refractivity contribution is 6.76. The van der Waals surface area contributed by atoms with Gasteiger partial charge in [-0.1, -0.05) is 25.7 Å². The van der Waals surface area contributed by atoms with Crippen molar-refractivity contribution >= 4 is 13.9 Å². The summed E-state index contributed by atoms with van der Waals surface area (Å²) >= 11 is 0. The molecule has 0 saturated carbocycles. The van der Waals surface area contributed by atoms with Gasteiger partial charge in [0.2, 0.25) is 0 Å². The van der Waals surface area contributed by atoms with Crippen LogP contribution in [0.15, 0.2) is 29.4 Å². The zero-order valence-corrected chi connectivity index (χ0v) is 12.0. The molecule has 1 heterocycles. The van der Waals surface area contributed by atoms with Crippen molar-refractivity contribution < 1.29 is 4.84 Å². The third kappa shape index (κ3) is 5.60. The summed E-state index contributed by atoms with van der Waals surface area (Å²) in [5.74, 6) is 0.700. The van der Waals surface area contributed by atoms with Gasteiger partial charge in [0.15, 0.2) is 5.84 Å². The number of pyridine rings is 1. The van der Waals surface area contributed by atoms with Crippen LogP contribution in [0.5, 0.6) is 0 Å². The van der Waals surface area contributed by atoms with Gasteiger partial charge < -0.3 is 0 Å². The van der Waals surface area contributed by atoms with Crippen LogP contribution in [-0.4, -0.2) is 32.5 Å². The molecule has 0 radical (unpaired) electrons. The summed E-state index contributed by atoms with van der Waals surface area (Å²) in [6.45, 7) is 7.84. The molecule has 0 aliphatic rings. The Balaban J connectivity index is 2.69. The first-order chi connectivity index (χ1) is 8.03. The maximum Gasteiger partial charge on any atom is 0.171 e. The highest BCUT2D eigenvalue weighted by Crippen LogP contribution is 2.08. The molecule has 0 atom stereocenters. The van der Waals surface area contributed by atoms with Crippen molar-refractivity contribution in [2.75, 3.05) is 13.7 Å². The first-order valence-corrected chi connectivity index (χ1v) is 9.48. The smallest absolute Gasteiger partial charge is 0.171 e. The highest BCUT2D eigenvalue weighted by atomic mass is 28.3. The lowest BCUT2D eigenvalue weighted by atomic mass is 10.3. The molecule has 17 heavy (non-hydrogen) atoms. The molecule has 0 saturated heterocycles. The molecular weight excluding hydrogens is 230 g/mol. The number of amidine groups is 1. The molecule has 5 heteroatoms. The molecule has 1 aromatic rings. The first kappa shape index (κ1) is 13.9. The second-order valence-corrected chi connectivity index (χ2v) is 10.7. The average Bonchev–Trinajstić information content (AvgIpc) is 2.27. The predicted octanol–water partition coefficient (Wildman–Crippen LogP) is 2.32. The Morgan fingerprint density at radius 1 is 1.41 bits per heavy atom. The summed E-state index contributed by atoms with van der Waals surface area (Å²) in [5.41, 5.74) is 3.60. The average molecular weight is 251 g/mol. The van der Waals surface area contributed by atoms with Crippen molar-refractivity contribution in [1.82, 2.24) is 10.5 Å². The number of rotatable bonds is 5. The number of nitrogens with zero attached hydrogens (tertiary/aromatic N) is 2. The van der Waals surface area contributed by atoms with Crippen LogP contribution >= 0.6 is 0 Å². The van der Waals surface area contributed by atoms with Crippen LogP contribution in [0, 0.1) is 0 Å². The number of aliphatic imine (C=N–C) groups is 1. The van der Waals surface area contributed by atoms with E-state index in [1.807, 2.05) is 18.2 Å². The van der Waals surface area contributed by atoms with Gasteiger partial charge in [-0.3, -0.25) is 14.8 Å². The first-order valence-electron chi connectivity index (χ1n) is 5.78. The minimum atomic E-state index is -1.04. The molecule has 1 aromatic heterocycles. The minimum Gasteiger partial charge on any atom is -0.278 e. The molecule has 0 bridgehead atoms. The number of aromatic nitrogens is 1. The normalized spacial score (nSPS) is 12.6. The molecule has 0 aromatic carbocycles. The molecule has 0 fully saturated rings. The van der Waals surface area contributed by atoms with Crippen molar-refractivity contribution in [1.29, 1.82) is 0 Å². The van der Waals surface area contributed by atoms with Crippen molar-refractivity contribution in [2.45, 2.75) is 25.7 Å². The quantitative estimate of drug-likeness (QED) is 0.378. The van der Waals surface area contributed by atoms with E-state index < -0.39 is 8.07 Å². The van der Waals surface area contributed by atoms with Crippen molar-refractivity contribution in [3.05, 3.63) is 30.1 Å². The van der Waals surface area contributed by atoms with E-state index in [4.69, 9.17) is 4.84 Å².